The van der Waals surface area contributed by atoms with Gasteiger partial charge in [0.1, 0.15) is 5.82 Å². The standard InChI is InChI=1S/C18H16FN3O2S/c19-15-5-1-6-16(12-15)25(23,24)22-11-10-21-9-3-7-17(21)18(22)14-4-2-8-20-13-14/h1-9,12-13,18H,10-11H2. The number of pyridine rings is 1. The summed E-state index contributed by atoms with van der Waals surface area (Å²) in [5.74, 6) is -0.570. The molecule has 7 heteroatoms. The predicted molar refractivity (Wildman–Crippen MR) is 90.8 cm³/mol. The molecule has 0 amide bonds. The van der Waals surface area contributed by atoms with Crippen LogP contribution in [0.2, 0.25) is 0 Å². The van der Waals surface area contributed by atoms with E-state index in [1.54, 1.807) is 18.5 Å². The Morgan fingerprint density at radius 1 is 1.08 bits per heavy atom. The zero-order chi connectivity index (χ0) is 17.4. The van der Waals surface area contributed by atoms with Crippen LogP contribution in [0.5, 0.6) is 0 Å². The third kappa shape index (κ3) is 2.75. The lowest BCUT2D eigenvalue weighted by molar-refractivity contribution is 0.298. The van der Waals surface area contributed by atoms with Crippen LogP contribution in [-0.2, 0) is 16.6 Å². The summed E-state index contributed by atoms with van der Waals surface area (Å²) in [5, 5.41) is 0. The first kappa shape index (κ1) is 16.0. The van der Waals surface area contributed by atoms with E-state index in [0.29, 0.717) is 13.1 Å². The quantitative estimate of drug-likeness (QED) is 0.724. The molecule has 1 aliphatic heterocycles. The van der Waals surface area contributed by atoms with Crippen LogP contribution in [0.4, 0.5) is 4.39 Å². The van der Waals surface area contributed by atoms with Crippen molar-refractivity contribution in [2.24, 2.45) is 0 Å². The fourth-order valence-corrected chi connectivity index (χ4v) is 4.87. The van der Waals surface area contributed by atoms with Gasteiger partial charge >= 0.3 is 0 Å². The maximum atomic E-state index is 13.6. The molecule has 25 heavy (non-hydrogen) atoms. The van der Waals surface area contributed by atoms with Gasteiger partial charge in [-0.1, -0.05) is 12.1 Å². The Hall–Kier alpha value is -2.51. The lowest BCUT2D eigenvalue weighted by Crippen LogP contribution is -2.42. The molecule has 1 aliphatic rings. The van der Waals surface area contributed by atoms with E-state index in [2.05, 4.69) is 4.98 Å². The highest BCUT2D eigenvalue weighted by Crippen LogP contribution is 2.36. The van der Waals surface area contributed by atoms with E-state index in [4.69, 9.17) is 0 Å². The van der Waals surface area contributed by atoms with E-state index >= 15 is 0 Å². The van der Waals surface area contributed by atoms with Crippen molar-refractivity contribution < 1.29 is 12.8 Å². The Morgan fingerprint density at radius 2 is 1.96 bits per heavy atom. The lowest BCUT2D eigenvalue weighted by atomic mass is 10.0. The number of aromatic nitrogens is 2. The highest BCUT2D eigenvalue weighted by Gasteiger charge is 2.37. The van der Waals surface area contributed by atoms with Crippen molar-refractivity contribution in [3.8, 4) is 0 Å². The first-order chi connectivity index (χ1) is 12.1. The molecule has 0 aliphatic carbocycles. The van der Waals surface area contributed by atoms with Gasteiger partial charge in [0.25, 0.3) is 0 Å². The monoisotopic (exact) mass is 357 g/mol. The molecule has 0 radical (unpaired) electrons. The second kappa shape index (κ2) is 6.09. The molecule has 3 heterocycles. The van der Waals surface area contributed by atoms with Gasteiger partial charge in [0, 0.05) is 37.4 Å². The van der Waals surface area contributed by atoms with E-state index in [9.17, 15) is 12.8 Å². The van der Waals surface area contributed by atoms with Gasteiger partial charge in [0.2, 0.25) is 10.0 Å². The SMILES string of the molecule is O=S(=O)(c1cccc(F)c1)N1CCn2cccc2C1c1cccnc1. The third-order valence-corrected chi connectivity index (χ3v) is 6.26. The summed E-state index contributed by atoms with van der Waals surface area (Å²) in [6, 6.07) is 12.1. The Morgan fingerprint density at radius 3 is 2.72 bits per heavy atom. The normalized spacial score (nSPS) is 18.0. The van der Waals surface area contributed by atoms with Crippen LogP contribution in [0.3, 0.4) is 0 Å². The molecule has 1 unspecified atom stereocenters. The Kier molecular flexibility index (Phi) is 3.89. The Labute approximate surface area is 145 Å². The van der Waals surface area contributed by atoms with E-state index in [0.717, 1.165) is 17.3 Å². The maximum absolute atomic E-state index is 13.6. The molecule has 2 aromatic heterocycles. The first-order valence-electron chi connectivity index (χ1n) is 7.90. The fraction of sp³-hybridized carbons (Fsp3) is 0.167. The largest absolute Gasteiger partial charge is 0.348 e. The summed E-state index contributed by atoms with van der Waals surface area (Å²) in [6.07, 6.45) is 5.25. The van der Waals surface area contributed by atoms with Crippen LogP contribution in [0.25, 0.3) is 0 Å². The number of fused-ring (bicyclic) bond motifs is 1. The highest BCUT2D eigenvalue weighted by molar-refractivity contribution is 7.89. The topological polar surface area (TPSA) is 55.2 Å². The molecular weight excluding hydrogens is 341 g/mol. The van der Waals surface area contributed by atoms with E-state index in [1.807, 2.05) is 29.0 Å². The number of benzene rings is 1. The zero-order valence-corrected chi connectivity index (χ0v) is 14.1. The van der Waals surface area contributed by atoms with Gasteiger partial charge < -0.3 is 4.57 Å². The number of hydrogen-bond donors (Lipinski definition) is 0. The minimum absolute atomic E-state index is 0.0404. The molecule has 5 nitrogen and oxygen atoms in total. The minimum atomic E-state index is -3.85. The number of halogens is 1. The van der Waals surface area contributed by atoms with Crippen molar-refractivity contribution in [2.45, 2.75) is 17.5 Å². The van der Waals surface area contributed by atoms with Gasteiger partial charge in [-0.2, -0.15) is 4.31 Å². The fourth-order valence-electron chi connectivity index (χ4n) is 3.26. The summed E-state index contributed by atoms with van der Waals surface area (Å²) in [6.45, 7) is 0.855. The molecule has 0 bridgehead atoms. The third-order valence-electron chi connectivity index (χ3n) is 4.40. The van der Waals surface area contributed by atoms with Crippen LogP contribution in [0.1, 0.15) is 17.3 Å². The minimum Gasteiger partial charge on any atom is -0.348 e. The molecule has 0 spiro atoms. The number of hydrogen-bond acceptors (Lipinski definition) is 3. The molecule has 3 aromatic rings. The molecule has 4 rings (SSSR count). The molecule has 128 valence electrons. The molecule has 0 saturated heterocycles. The maximum Gasteiger partial charge on any atom is 0.244 e. The summed E-state index contributed by atoms with van der Waals surface area (Å²) in [5.41, 5.74) is 1.65. The number of rotatable bonds is 3. The van der Waals surface area contributed by atoms with E-state index < -0.39 is 21.9 Å². The van der Waals surface area contributed by atoms with Crippen molar-refractivity contribution >= 4 is 10.0 Å². The summed E-state index contributed by atoms with van der Waals surface area (Å²) < 4.78 is 43.4. The molecule has 0 saturated carbocycles. The zero-order valence-electron chi connectivity index (χ0n) is 13.3. The van der Waals surface area contributed by atoms with E-state index in [-0.39, 0.29) is 4.90 Å². The average Bonchev–Trinajstić information content (AvgIpc) is 3.10. The van der Waals surface area contributed by atoms with Gasteiger partial charge in [-0.15, -0.1) is 0 Å². The van der Waals surface area contributed by atoms with Crippen LogP contribution >= 0.6 is 0 Å². The molecule has 0 N–H and O–H groups in total. The van der Waals surface area contributed by atoms with Gasteiger partial charge in [0.05, 0.1) is 10.9 Å². The van der Waals surface area contributed by atoms with Crippen LogP contribution in [0, 0.1) is 5.82 Å². The van der Waals surface area contributed by atoms with Gasteiger partial charge in [-0.3, -0.25) is 4.98 Å². The van der Waals surface area contributed by atoms with Crippen molar-refractivity contribution in [3.05, 3.63) is 84.2 Å². The summed E-state index contributed by atoms with van der Waals surface area (Å²) in [4.78, 5) is 4.09. The van der Waals surface area contributed by atoms with Crippen molar-refractivity contribution in [1.29, 1.82) is 0 Å². The highest BCUT2D eigenvalue weighted by atomic mass is 32.2. The van der Waals surface area contributed by atoms with Gasteiger partial charge in [-0.25, -0.2) is 12.8 Å². The number of sulfonamides is 1. The Bertz CT molecular complexity index is 1000. The van der Waals surface area contributed by atoms with E-state index in [1.165, 1.54) is 22.5 Å². The summed E-state index contributed by atoms with van der Waals surface area (Å²) >= 11 is 0. The Balaban J connectivity index is 1.86. The number of nitrogens with zero attached hydrogens (tertiary/aromatic N) is 3. The van der Waals surface area contributed by atoms with Crippen LogP contribution in [0.15, 0.2) is 72.0 Å². The molecule has 1 atom stereocenters. The molecular formula is C18H16FN3O2S. The lowest BCUT2D eigenvalue weighted by Gasteiger charge is -2.36. The second-order valence-corrected chi connectivity index (χ2v) is 7.78. The first-order valence-corrected chi connectivity index (χ1v) is 9.34. The molecule has 1 aromatic carbocycles. The van der Waals surface area contributed by atoms with Crippen LogP contribution < -0.4 is 0 Å². The summed E-state index contributed by atoms with van der Waals surface area (Å²) in [7, 11) is -3.85. The predicted octanol–water partition coefficient (Wildman–Crippen LogP) is 2.82. The molecule has 0 fully saturated rings. The van der Waals surface area contributed by atoms with Crippen LogP contribution in [-0.4, -0.2) is 28.8 Å². The second-order valence-electron chi connectivity index (χ2n) is 5.89. The van der Waals surface area contributed by atoms with Gasteiger partial charge in [-0.05, 0) is 42.0 Å². The average molecular weight is 357 g/mol. The van der Waals surface area contributed by atoms with Crippen molar-refractivity contribution in [3.63, 3.8) is 0 Å². The van der Waals surface area contributed by atoms with Crippen molar-refractivity contribution in [2.75, 3.05) is 6.54 Å². The van der Waals surface area contributed by atoms with Gasteiger partial charge in [0.15, 0.2) is 0 Å². The smallest absolute Gasteiger partial charge is 0.244 e. The van der Waals surface area contributed by atoms with Crippen molar-refractivity contribution in [1.82, 2.24) is 13.9 Å².